The fourth-order valence-corrected chi connectivity index (χ4v) is 4.45. The van der Waals surface area contributed by atoms with Crippen LogP contribution in [-0.4, -0.2) is 37.1 Å². The third-order valence-electron chi connectivity index (χ3n) is 5.68. The summed E-state index contributed by atoms with van der Waals surface area (Å²) in [6.07, 6.45) is 3.71. The molecule has 5 nitrogen and oxygen atoms in total. The molecule has 0 bridgehead atoms. The molecule has 1 fully saturated rings. The highest BCUT2D eigenvalue weighted by atomic mass is 32.2. The summed E-state index contributed by atoms with van der Waals surface area (Å²) in [5.74, 6) is 1.52. The SMILES string of the molecule is Cc1oc(-c2ccc(-c3ccc(S(C)(=O)=O)cc3)cc2)nc1CN1CCCC1C. The Labute approximate surface area is 172 Å². The van der Waals surface area contributed by atoms with Crippen LogP contribution in [0.4, 0.5) is 0 Å². The molecule has 0 radical (unpaired) electrons. The summed E-state index contributed by atoms with van der Waals surface area (Å²) in [6.45, 7) is 6.20. The molecule has 4 rings (SSSR count). The van der Waals surface area contributed by atoms with Crippen LogP contribution in [0.15, 0.2) is 57.8 Å². The molecule has 0 N–H and O–H groups in total. The van der Waals surface area contributed by atoms with Crippen LogP contribution < -0.4 is 0 Å². The topological polar surface area (TPSA) is 63.4 Å². The molecule has 2 aromatic carbocycles. The monoisotopic (exact) mass is 410 g/mol. The van der Waals surface area contributed by atoms with Crippen LogP contribution in [0.2, 0.25) is 0 Å². The number of rotatable bonds is 5. The lowest BCUT2D eigenvalue weighted by Crippen LogP contribution is -2.26. The number of oxazole rings is 1. The Morgan fingerprint density at radius 1 is 1.03 bits per heavy atom. The van der Waals surface area contributed by atoms with Crippen LogP contribution in [-0.2, 0) is 16.4 Å². The molecule has 1 atom stereocenters. The first-order chi connectivity index (χ1) is 13.8. The van der Waals surface area contributed by atoms with Crippen LogP contribution in [0.1, 0.15) is 31.2 Å². The number of sulfone groups is 1. The minimum atomic E-state index is -3.18. The maximum absolute atomic E-state index is 11.6. The molecule has 1 aliphatic heterocycles. The van der Waals surface area contributed by atoms with Gasteiger partial charge < -0.3 is 4.42 Å². The molecular weight excluding hydrogens is 384 g/mol. The third kappa shape index (κ3) is 4.28. The van der Waals surface area contributed by atoms with E-state index in [2.05, 4.69) is 11.8 Å². The predicted octanol–water partition coefficient (Wildman–Crippen LogP) is 4.70. The minimum Gasteiger partial charge on any atom is -0.441 e. The van der Waals surface area contributed by atoms with Crippen molar-refractivity contribution in [3.8, 4) is 22.6 Å². The number of aromatic nitrogens is 1. The van der Waals surface area contributed by atoms with Gasteiger partial charge in [0.2, 0.25) is 5.89 Å². The van der Waals surface area contributed by atoms with Crippen molar-refractivity contribution in [3.05, 3.63) is 60.0 Å². The standard InChI is InChI=1S/C23H26N2O3S/c1-16-5-4-14-25(16)15-22-17(2)28-23(24-22)20-8-6-18(7-9-20)19-10-12-21(13-11-19)29(3,26)27/h6-13,16H,4-5,14-15H2,1-3H3. The molecule has 3 aromatic rings. The van der Waals surface area contributed by atoms with Gasteiger partial charge in [0.05, 0.1) is 10.6 Å². The Hall–Kier alpha value is -2.44. The lowest BCUT2D eigenvalue weighted by Gasteiger charge is -2.19. The van der Waals surface area contributed by atoms with E-state index in [4.69, 9.17) is 9.40 Å². The molecular formula is C23H26N2O3S. The van der Waals surface area contributed by atoms with Gasteiger partial charge in [-0.05, 0) is 68.6 Å². The van der Waals surface area contributed by atoms with Crippen molar-refractivity contribution in [2.75, 3.05) is 12.8 Å². The van der Waals surface area contributed by atoms with Crippen molar-refractivity contribution in [1.29, 1.82) is 0 Å². The molecule has 6 heteroatoms. The van der Waals surface area contributed by atoms with Gasteiger partial charge in [-0.3, -0.25) is 4.90 Å². The van der Waals surface area contributed by atoms with Crippen LogP contribution in [0, 0.1) is 6.92 Å². The van der Waals surface area contributed by atoms with Crippen LogP contribution in [0.5, 0.6) is 0 Å². The van der Waals surface area contributed by atoms with Gasteiger partial charge in [0.15, 0.2) is 9.84 Å². The molecule has 0 saturated carbocycles. The van der Waals surface area contributed by atoms with E-state index in [-0.39, 0.29) is 0 Å². The zero-order valence-corrected chi connectivity index (χ0v) is 17.9. The second kappa shape index (κ2) is 7.76. The van der Waals surface area contributed by atoms with E-state index < -0.39 is 9.84 Å². The van der Waals surface area contributed by atoms with Gasteiger partial charge in [-0.25, -0.2) is 13.4 Å². The molecule has 0 spiro atoms. The number of likely N-dealkylation sites (tertiary alicyclic amines) is 1. The maximum Gasteiger partial charge on any atom is 0.226 e. The zero-order chi connectivity index (χ0) is 20.6. The van der Waals surface area contributed by atoms with Crippen molar-refractivity contribution in [2.45, 2.75) is 44.2 Å². The summed E-state index contributed by atoms with van der Waals surface area (Å²) in [6, 6.07) is 15.5. The van der Waals surface area contributed by atoms with Gasteiger partial charge in [-0.2, -0.15) is 0 Å². The van der Waals surface area contributed by atoms with E-state index in [9.17, 15) is 8.42 Å². The van der Waals surface area contributed by atoms with E-state index in [1.54, 1.807) is 12.1 Å². The molecule has 1 aliphatic rings. The van der Waals surface area contributed by atoms with Gasteiger partial charge in [0, 0.05) is 24.4 Å². The second-order valence-electron chi connectivity index (χ2n) is 7.86. The summed E-state index contributed by atoms with van der Waals surface area (Å²) in [7, 11) is -3.18. The molecule has 2 heterocycles. The highest BCUT2D eigenvalue weighted by Gasteiger charge is 2.23. The van der Waals surface area contributed by atoms with Gasteiger partial charge in [-0.1, -0.05) is 24.3 Å². The number of hydrogen-bond acceptors (Lipinski definition) is 5. The average Bonchev–Trinajstić information content (AvgIpc) is 3.27. The number of nitrogens with zero attached hydrogens (tertiary/aromatic N) is 2. The van der Waals surface area contributed by atoms with Crippen molar-refractivity contribution in [2.24, 2.45) is 0 Å². The fourth-order valence-electron chi connectivity index (χ4n) is 3.82. The average molecular weight is 411 g/mol. The Morgan fingerprint density at radius 2 is 1.62 bits per heavy atom. The second-order valence-corrected chi connectivity index (χ2v) is 9.87. The van der Waals surface area contributed by atoms with Crippen LogP contribution in [0.3, 0.4) is 0 Å². The highest BCUT2D eigenvalue weighted by Crippen LogP contribution is 2.28. The van der Waals surface area contributed by atoms with Gasteiger partial charge in [-0.15, -0.1) is 0 Å². The molecule has 1 saturated heterocycles. The smallest absolute Gasteiger partial charge is 0.226 e. The molecule has 0 amide bonds. The first kappa shape index (κ1) is 19.9. The van der Waals surface area contributed by atoms with E-state index in [0.29, 0.717) is 16.8 Å². The molecule has 1 unspecified atom stereocenters. The third-order valence-corrected chi connectivity index (χ3v) is 6.81. The quantitative estimate of drug-likeness (QED) is 0.610. The van der Waals surface area contributed by atoms with Crippen molar-refractivity contribution >= 4 is 9.84 Å². The molecule has 1 aromatic heterocycles. The Balaban J connectivity index is 1.53. The van der Waals surface area contributed by atoms with E-state index in [1.165, 1.54) is 19.1 Å². The Bertz CT molecular complexity index is 1100. The van der Waals surface area contributed by atoms with Gasteiger partial charge in [0.1, 0.15) is 5.76 Å². The fraction of sp³-hybridized carbons (Fsp3) is 0.348. The highest BCUT2D eigenvalue weighted by molar-refractivity contribution is 7.90. The Kier molecular flexibility index (Phi) is 5.32. The zero-order valence-electron chi connectivity index (χ0n) is 17.1. The summed E-state index contributed by atoms with van der Waals surface area (Å²) < 4.78 is 29.2. The summed E-state index contributed by atoms with van der Waals surface area (Å²) in [5, 5.41) is 0. The largest absolute Gasteiger partial charge is 0.441 e. The van der Waals surface area contributed by atoms with Crippen molar-refractivity contribution in [3.63, 3.8) is 0 Å². The lowest BCUT2D eigenvalue weighted by molar-refractivity contribution is 0.256. The normalized spacial score (nSPS) is 17.7. The van der Waals surface area contributed by atoms with E-state index in [1.807, 2.05) is 43.3 Å². The van der Waals surface area contributed by atoms with Crippen molar-refractivity contribution in [1.82, 2.24) is 9.88 Å². The first-order valence-corrected chi connectivity index (χ1v) is 11.8. The number of aryl methyl sites for hydroxylation is 1. The number of benzene rings is 2. The van der Waals surface area contributed by atoms with E-state index in [0.717, 1.165) is 41.2 Å². The summed E-state index contributed by atoms with van der Waals surface area (Å²) in [4.78, 5) is 7.53. The maximum atomic E-state index is 11.6. The van der Waals surface area contributed by atoms with Gasteiger partial charge >= 0.3 is 0 Å². The lowest BCUT2D eigenvalue weighted by atomic mass is 10.0. The first-order valence-electron chi connectivity index (χ1n) is 9.92. The van der Waals surface area contributed by atoms with E-state index >= 15 is 0 Å². The van der Waals surface area contributed by atoms with Crippen LogP contribution in [0.25, 0.3) is 22.6 Å². The minimum absolute atomic E-state index is 0.327. The van der Waals surface area contributed by atoms with Crippen molar-refractivity contribution < 1.29 is 12.8 Å². The molecule has 152 valence electrons. The van der Waals surface area contributed by atoms with Gasteiger partial charge in [0.25, 0.3) is 0 Å². The Morgan fingerprint density at radius 3 is 2.17 bits per heavy atom. The number of hydrogen-bond donors (Lipinski definition) is 0. The summed E-state index contributed by atoms with van der Waals surface area (Å²) in [5.41, 5.74) is 3.93. The summed E-state index contributed by atoms with van der Waals surface area (Å²) >= 11 is 0. The van der Waals surface area contributed by atoms with Crippen LogP contribution >= 0.6 is 0 Å². The molecule has 0 aliphatic carbocycles. The molecule has 29 heavy (non-hydrogen) atoms. The predicted molar refractivity (Wildman–Crippen MR) is 114 cm³/mol.